The van der Waals surface area contributed by atoms with Crippen molar-refractivity contribution in [2.24, 2.45) is 5.10 Å². The van der Waals surface area contributed by atoms with Gasteiger partial charge < -0.3 is 9.47 Å². The zero-order valence-corrected chi connectivity index (χ0v) is 15.4. The van der Waals surface area contributed by atoms with Crippen LogP contribution in [-0.4, -0.2) is 31.8 Å². The van der Waals surface area contributed by atoms with Gasteiger partial charge >= 0.3 is 5.97 Å². The highest BCUT2D eigenvalue weighted by Crippen LogP contribution is 2.17. The zero-order valence-electron chi connectivity index (χ0n) is 13.8. The third kappa shape index (κ3) is 5.42. The summed E-state index contributed by atoms with van der Waals surface area (Å²) in [4.78, 5) is 23.5. The molecule has 0 bridgehead atoms. The molecule has 6 nitrogen and oxygen atoms in total. The summed E-state index contributed by atoms with van der Waals surface area (Å²) in [6.45, 7) is 1.73. The van der Waals surface area contributed by atoms with Gasteiger partial charge in [0.2, 0.25) is 0 Å². The first-order valence-electron chi connectivity index (χ1n) is 7.39. The van der Waals surface area contributed by atoms with E-state index in [1.807, 2.05) is 25.1 Å². The van der Waals surface area contributed by atoms with Gasteiger partial charge in [0.05, 0.1) is 18.9 Å². The Hall–Kier alpha value is -2.67. The van der Waals surface area contributed by atoms with E-state index in [9.17, 15) is 9.59 Å². The van der Waals surface area contributed by atoms with Crippen LogP contribution in [0.2, 0.25) is 0 Å². The van der Waals surface area contributed by atoms with Crippen LogP contribution in [0.1, 0.15) is 21.5 Å². The van der Waals surface area contributed by atoms with Crippen molar-refractivity contribution in [3.63, 3.8) is 0 Å². The smallest absolute Gasteiger partial charge is 0.338 e. The van der Waals surface area contributed by atoms with Crippen molar-refractivity contribution in [1.29, 1.82) is 0 Å². The van der Waals surface area contributed by atoms with Crippen molar-refractivity contribution in [2.45, 2.75) is 6.92 Å². The van der Waals surface area contributed by atoms with Crippen molar-refractivity contribution < 1.29 is 19.1 Å². The summed E-state index contributed by atoms with van der Waals surface area (Å²) in [5.41, 5.74) is 4.17. The number of ether oxygens (including phenoxy) is 2. The molecule has 0 atom stereocenters. The molecule has 0 heterocycles. The molecule has 0 spiro atoms. The number of carbonyl (C=O) groups excluding carboxylic acids is 2. The van der Waals surface area contributed by atoms with Crippen molar-refractivity contribution >= 4 is 34.0 Å². The largest absolute Gasteiger partial charge is 0.483 e. The third-order valence-electron chi connectivity index (χ3n) is 3.26. The molecule has 25 heavy (non-hydrogen) atoms. The summed E-state index contributed by atoms with van der Waals surface area (Å²) >= 11 is 3.32. The van der Waals surface area contributed by atoms with Crippen molar-refractivity contribution in [1.82, 2.24) is 5.43 Å². The average Bonchev–Trinajstić information content (AvgIpc) is 2.60. The maximum atomic E-state index is 11.8. The molecule has 0 aromatic heterocycles. The van der Waals surface area contributed by atoms with E-state index in [0.29, 0.717) is 16.9 Å². The first kappa shape index (κ1) is 18.7. The number of methoxy groups -OCH3 is 1. The molecule has 0 aliphatic rings. The molecule has 0 unspecified atom stereocenters. The number of hydrogen-bond donors (Lipinski definition) is 1. The first-order chi connectivity index (χ1) is 12.0. The second kappa shape index (κ2) is 8.98. The SMILES string of the molecule is COC(=O)c1ccc(Br)cc1C=NNC(=O)COc1ccccc1C. The molecule has 0 saturated carbocycles. The quantitative estimate of drug-likeness (QED) is 0.455. The van der Waals surface area contributed by atoms with E-state index in [2.05, 4.69) is 26.5 Å². The molecule has 130 valence electrons. The molecule has 1 N–H and O–H groups in total. The highest BCUT2D eigenvalue weighted by Gasteiger charge is 2.11. The summed E-state index contributed by atoms with van der Waals surface area (Å²) in [5, 5.41) is 3.86. The molecule has 2 aromatic carbocycles. The Morgan fingerprint density at radius 3 is 2.72 bits per heavy atom. The fourth-order valence-corrected chi connectivity index (χ4v) is 2.38. The highest BCUT2D eigenvalue weighted by molar-refractivity contribution is 9.10. The fraction of sp³-hybridized carbons (Fsp3) is 0.167. The maximum absolute atomic E-state index is 11.8. The van der Waals surface area contributed by atoms with Crippen LogP contribution in [0, 0.1) is 6.92 Å². The molecule has 1 amide bonds. The fourth-order valence-electron chi connectivity index (χ4n) is 2.00. The minimum absolute atomic E-state index is 0.162. The number of para-hydroxylation sites is 1. The van der Waals surface area contributed by atoms with E-state index in [-0.39, 0.29) is 6.61 Å². The van der Waals surface area contributed by atoms with Crippen LogP contribution in [0.15, 0.2) is 52.0 Å². The Morgan fingerprint density at radius 2 is 2.00 bits per heavy atom. The van der Waals surface area contributed by atoms with Crippen LogP contribution < -0.4 is 10.2 Å². The molecule has 0 radical (unpaired) electrons. The topological polar surface area (TPSA) is 77.0 Å². The van der Waals surface area contributed by atoms with Gasteiger partial charge in [-0.05, 0) is 36.8 Å². The van der Waals surface area contributed by atoms with Crippen LogP contribution in [0.4, 0.5) is 0 Å². The summed E-state index contributed by atoms with van der Waals surface area (Å²) in [6, 6.07) is 12.4. The van der Waals surface area contributed by atoms with Crippen molar-refractivity contribution in [3.05, 3.63) is 63.6 Å². The van der Waals surface area contributed by atoms with Gasteiger partial charge in [0.1, 0.15) is 5.75 Å². The van der Waals surface area contributed by atoms with Gasteiger partial charge in [0.15, 0.2) is 6.61 Å². The van der Waals surface area contributed by atoms with Crippen LogP contribution in [0.5, 0.6) is 5.75 Å². The van der Waals surface area contributed by atoms with Gasteiger partial charge in [-0.15, -0.1) is 0 Å². The highest BCUT2D eigenvalue weighted by atomic mass is 79.9. The van der Waals surface area contributed by atoms with Gasteiger partial charge in [-0.2, -0.15) is 5.10 Å². The Labute approximate surface area is 154 Å². The average molecular weight is 405 g/mol. The number of hydrogen-bond acceptors (Lipinski definition) is 5. The number of carbonyl (C=O) groups is 2. The Bertz CT molecular complexity index is 805. The molecule has 7 heteroatoms. The Kier molecular flexibility index (Phi) is 6.71. The number of halogens is 1. The molecule has 0 fully saturated rings. The third-order valence-corrected chi connectivity index (χ3v) is 3.76. The minimum atomic E-state index is -0.483. The number of nitrogens with zero attached hydrogens (tertiary/aromatic N) is 1. The predicted octanol–water partition coefficient (Wildman–Crippen LogP) is 3.07. The molecular weight excluding hydrogens is 388 g/mol. The van der Waals surface area contributed by atoms with Gasteiger partial charge in [0, 0.05) is 10.0 Å². The van der Waals surface area contributed by atoms with Crippen molar-refractivity contribution in [2.75, 3.05) is 13.7 Å². The minimum Gasteiger partial charge on any atom is -0.483 e. The lowest BCUT2D eigenvalue weighted by Gasteiger charge is -2.07. The van der Waals surface area contributed by atoms with Crippen LogP contribution in [0.25, 0.3) is 0 Å². The number of benzene rings is 2. The van der Waals surface area contributed by atoms with Crippen LogP contribution in [-0.2, 0) is 9.53 Å². The molecular formula is C18H17BrN2O4. The second-order valence-corrected chi connectivity index (χ2v) is 5.99. The molecule has 0 aliphatic heterocycles. The van der Waals surface area contributed by atoms with E-state index in [0.717, 1.165) is 10.0 Å². The van der Waals surface area contributed by atoms with Crippen LogP contribution in [0.3, 0.4) is 0 Å². The molecule has 0 aliphatic carbocycles. The predicted molar refractivity (Wildman–Crippen MR) is 97.9 cm³/mol. The molecule has 0 saturated heterocycles. The maximum Gasteiger partial charge on any atom is 0.338 e. The second-order valence-electron chi connectivity index (χ2n) is 5.07. The standard InChI is InChI=1S/C18H17BrN2O4/c1-12-5-3-4-6-16(12)25-11-17(22)21-20-10-13-9-14(19)7-8-15(13)18(23)24-2/h3-10H,11H2,1-2H3,(H,21,22). The van der Waals surface area contributed by atoms with E-state index in [1.165, 1.54) is 13.3 Å². The number of esters is 1. The summed E-state index contributed by atoms with van der Waals surface area (Å²) < 4.78 is 10.9. The van der Waals surface area contributed by atoms with E-state index in [4.69, 9.17) is 9.47 Å². The Morgan fingerprint density at radius 1 is 1.24 bits per heavy atom. The summed E-state index contributed by atoms with van der Waals surface area (Å²) in [7, 11) is 1.30. The lowest BCUT2D eigenvalue weighted by molar-refractivity contribution is -0.123. The molecule has 2 aromatic rings. The number of amides is 1. The van der Waals surface area contributed by atoms with E-state index >= 15 is 0 Å². The number of aryl methyl sites for hydroxylation is 1. The monoisotopic (exact) mass is 404 g/mol. The summed E-state index contributed by atoms with van der Waals surface area (Å²) in [5.74, 6) is -0.251. The lowest BCUT2D eigenvalue weighted by atomic mass is 10.1. The van der Waals surface area contributed by atoms with Crippen LogP contribution >= 0.6 is 15.9 Å². The molecule has 2 rings (SSSR count). The van der Waals surface area contributed by atoms with E-state index in [1.54, 1.807) is 24.3 Å². The number of hydrazone groups is 1. The first-order valence-corrected chi connectivity index (χ1v) is 8.18. The zero-order chi connectivity index (χ0) is 18.2. The van der Waals surface area contributed by atoms with E-state index < -0.39 is 11.9 Å². The van der Waals surface area contributed by atoms with Gasteiger partial charge in [0.25, 0.3) is 5.91 Å². The van der Waals surface area contributed by atoms with Crippen molar-refractivity contribution in [3.8, 4) is 5.75 Å². The number of rotatable bonds is 6. The van der Waals surface area contributed by atoms with Gasteiger partial charge in [-0.3, -0.25) is 4.79 Å². The van der Waals surface area contributed by atoms with Gasteiger partial charge in [-0.25, -0.2) is 10.2 Å². The normalized spacial score (nSPS) is 10.5. The lowest BCUT2D eigenvalue weighted by Crippen LogP contribution is -2.24. The Balaban J connectivity index is 1.96. The number of nitrogens with one attached hydrogen (secondary N) is 1. The van der Waals surface area contributed by atoms with Gasteiger partial charge in [-0.1, -0.05) is 34.1 Å². The summed E-state index contributed by atoms with van der Waals surface area (Å²) in [6.07, 6.45) is 1.38.